The Balaban J connectivity index is 1.49. The lowest BCUT2D eigenvalue weighted by molar-refractivity contribution is -0.274. The Morgan fingerprint density at radius 1 is 0.964 bits per heavy atom. The second kappa shape index (κ2) is 7.34. The number of aromatic nitrogens is 1. The van der Waals surface area contributed by atoms with Crippen LogP contribution in [0.25, 0.3) is 11.1 Å². The third kappa shape index (κ3) is 4.31. The second-order valence-corrected chi connectivity index (χ2v) is 6.20. The van der Waals surface area contributed by atoms with Crippen molar-refractivity contribution in [2.75, 3.05) is 0 Å². The van der Waals surface area contributed by atoms with Gasteiger partial charge in [-0.05, 0) is 47.5 Å². The monoisotopic (exact) mass is 384 g/mol. The summed E-state index contributed by atoms with van der Waals surface area (Å²) in [7, 11) is 0. The summed E-state index contributed by atoms with van der Waals surface area (Å²) in [6, 6.07) is 17.0. The van der Waals surface area contributed by atoms with E-state index in [2.05, 4.69) is 14.7 Å². The van der Waals surface area contributed by atoms with Crippen LogP contribution in [0, 0.1) is 0 Å². The lowest BCUT2D eigenvalue weighted by Gasteiger charge is -2.21. The largest absolute Gasteiger partial charge is 0.573 e. The Morgan fingerprint density at radius 3 is 2.46 bits per heavy atom. The van der Waals surface area contributed by atoms with Crippen molar-refractivity contribution in [3.8, 4) is 22.6 Å². The molecule has 0 radical (unpaired) electrons. The number of hydrogen-bond donors (Lipinski definition) is 0. The van der Waals surface area contributed by atoms with Crippen molar-refractivity contribution in [2.24, 2.45) is 4.99 Å². The molecule has 0 saturated heterocycles. The molecular formula is C21H15F3N2O2. The average Bonchev–Trinajstić information content (AvgIpc) is 2.68. The highest BCUT2D eigenvalue weighted by atomic mass is 19.4. The highest BCUT2D eigenvalue weighted by molar-refractivity contribution is 5.87. The van der Waals surface area contributed by atoms with Crippen molar-refractivity contribution in [3.05, 3.63) is 78.1 Å². The molecule has 2 heterocycles. The lowest BCUT2D eigenvalue weighted by atomic mass is 10.0. The molecule has 2 aromatic carbocycles. The molecule has 0 fully saturated rings. The summed E-state index contributed by atoms with van der Waals surface area (Å²) < 4.78 is 46.6. The summed E-state index contributed by atoms with van der Waals surface area (Å²) in [5, 5.41) is 0. The van der Waals surface area contributed by atoms with Crippen LogP contribution in [0.2, 0.25) is 0 Å². The van der Waals surface area contributed by atoms with Crippen molar-refractivity contribution in [2.45, 2.75) is 19.0 Å². The number of halogens is 3. The van der Waals surface area contributed by atoms with Crippen molar-refractivity contribution in [3.63, 3.8) is 0 Å². The first-order valence-electron chi connectivity index (χ1n) is 8.56. The van der Waals surface area contributed by atoms with Gasteiger partial charge in [0.2, 0.25) is 0 Å². The molecule has 0 aliphatic carbocycles. The van der Waals surface area contributed by atoms with Gasteiger partial charge in [0.15, 0.2) is 6.23 Å². The molecule has 0 bridgehead atoms. The first kappa shape index (κ1) is 18.0. The van der Waals surface area contributed by atoms with Gasteiger partial charge in [-0.25, -0.2) is 4.99 Å². The van der Waals surface area contributed by atoms with Crippen molar-refractivity contribution in [1.82, 2.24) is 4.98 Å². The summed E-state index contributed by atoms with van der Waals surface area (Å²) in [5.41, 5.74) is 3.31. The number of aliphatic imine (C=N–C) groups is 1. The summed E-state index contributed by atoms with van der Waals surface area (Å²) in [6.45, 7) is 0. The molecule has 4 rings (SSSR count). The maximum atomic E-state index is 12.3. The summed E-state index contributed by atoms with van der Waals surface area (Å²) in [5.74, 6) is 0.452. The maximum Gasteiger partial charge on any atom is 0.573 e. The van der Waals surface area contributed by atoms with E-state index in [1.807, 2.05) is 36.4 Å². The first-order chi connectivity index (χ1) is 13.5. The molecule has 3 aromatic rings. The van der Waals surface area contributed by atoms with E-state index in [-0.39, 0.29) is 12.0 Å². The number of fused-ring (bicyclic) bond motifs is 1. The van der Waals surface area contributed by atoms with Gasteiger partial charge in [-0.2, -0.15) is 0 Å². The van der Waals surface area contributed by atoms with Gasteiger partial charge in [0, 0.05) is 30.1 Å². The molecule has 28 heavy (non-hydrogen) atoms. The first-order valence-corrected chi connectivity index (χ1v) is 8.56. The molecule has 142 valence electrons. The third-order valence-corrected chi connectivity index (χ3v) is 4.18. The van der Waals surface area contributed by atoms with E-state index >= 15 is 0 Å². The molecule has 1 atom stereocenters. The molecule has 1 aromatic heterocycles. The van der Waals surface area contributed by atoms with Crippen molar-refractivity contribution < 1.29 is 22.6 Å². The minimum absolute atomic E-state index is 0.253. The number of benzene rings is 2. The van der Waals surface area contributed by atoms with Crippen molar-refractivity contribution >= 4 is 6.21 Å². The zero-order chi connectivity index (χ0) is 19.6. The minimum Gasteiger partial charge on any atom is -0.468 e. The van der Waals surface area contributed by atoms with Crippen LogP contribution in [0.4, 0.5) is 13.2 Å². The van der Waals surface area contributed by atoms with Crippen LogP contribution in [0.3, 0.4) is 0 Å². The molecule has 1 aliphatic rings. The van der Waals surface area contributed by atoms with E-state index < -0.39 is 6.36 Å². The molecule has 1 aliphatic heterocycles. The van der Waals surface area contributed by atoms with Crippen LogP contribution in [0.5, 0.6) is 11.5 Å². The quantitative estimate of drug-likeness (QED) is 0.634. The van der Waals surface area contributed by atoms with Crippen LogP contribution in [-0.4, -0.2) is 23.8 Å². The molecule has 1 unspecified atom stereocenters. The fourth-order valence-corrected chi connectivity index (χ4v) is 2.92. The van der Waals surface area contributed by atoms with Crippen LogP contribution in [0.15, 0.2) is 71.9 Å². The number of ether oxygens (including phenoxy) is 2. The number of pyridine rings is 1. The highest BCUT2D eigenvalue weighted by Gasteiger charge is 2.31. The van der Waals surface area contributed by atoms with E-state index in [0.717, 1.165) is 22.4 Å². The highest BCUT2D eigenvalue weighted by Crippen LogP contribution is 2.31. The Kier molecular flexibility index (Phi) is 4.73. The summed E-state index contributed by atoms with van der Waals surface area (Å²) >= 11 is 0. The van der Waals surface area contributed by atoms with Gasteiger partial charge in [-0.15, -0.1) is 13.2 Å². The van der Waals surface area contributed by atoms with Crippen molar-refractivity contribution in [1.29, 1.82) is 0 Å². The fraction of sp³-hybridized carbons (Fsp3) is 0.143. The molecule has 0 saturated carbocycles. The van der Waals surface area contributed by atoms with E-state index in [1.54, 1.807) is 24.5 Å². The van der Waals surface area contributed by atoms with E-state index in [9.17, 15) is 13.2 Å². The van der Waals surface area contributed by atoms with Gasteiger partial charge < -0.3 is 9.47 Å². The zero-order valence-corrected chi connectivity index (χ0v) is 14.6. The third-order valence-electron chi connectivity index (χ3n) is 4.18. The smallest absolute Gasteiger partial charge is 0.468 e. The van der Waals surface area contributed by atoms with Crippen LogP contribution >= 0.6 is 0 Å². The van der Waals surface area contributed by atoms with Gasteiger partial charge in [0.25, 0.3) is 0 Å². The molecule has 4 nitrogen and oxygen atoms in total. The second-order valence-electron chi connectivity index (χ2n) is 6.20. The molecular weight excluding hydrogens is 369 g/mol. The topological polar surface area (TPSA) is 43.7 Å². The Morgan fingerprint density at radius 2 is 1.75 bits per heavy atom. The van der Waals surface area contributed by atoms with Crippen LogP contribution in [0.1, 0.15) is 11.3 Å². The molecule has 0 amide bonds. The number of nitrogens with zero attached hydrogens (tertiary/aromatic N) is 2. The molecule has 0 N–H and O–H groups in total. The predicted octanol–water partition coefficient (Wildman–Crippen LogP) is 5.03. The Labute approximate surface area is 159 Å². The van der Waals surface area contributed by atoms with Crippen LogP contribution < -0.4 is 9.47 Å². The number of rotatable bonds is 4. The zero-order valence-electron chi connectivity index (χ0n) is 14.6. The number of alkyl halides is 3. The van der Waals surface area contributed by atoms with Gasteiger partial charge in [-0.3, -0.25) is 4.98 Å². The lowest BCUT2D eigenvalue weighted by Crippen LogP contribution is -2.21. The van der Waals surface area contributed by atoms with E-state index in [4.69, 9.17) is 4.74 Å². The average molecular weight is 384 g/mol. The normalized spacial score (nSPS) is 15.6. The molecule has 7 heteroatoms. The Hall–Kier alpha value is -3.35. The maximum absolute atomic E-state index is 12.3. The number of hydrogen-bond acceptors (Lipinski definition) is 4. The van der Waals surface area contributed by atoms with E-state index in [0.29, 0.717) is 12.2 Å². The van der Waals surface area contributed by atoms with E-state index in [1.165, 1.54) is 12.1 Å². The van der Waals surface area contributed by atoms with Crippen LogP contribution in [-0.2, 0) is 6.42 Å². The fourth-order valence-electron chi connectivity index (χ4n) is 2.92. The predicted molar refractivity (Wildman–Crippen MR) is 98.5 cm³/mol. The molecule has 0 spiro atoms. The summed E-state index contributed by atoms with van der Waals surface area (Å²) in [4.78, 5) is 8.70. The van der Waals surface area contributed by atoms with Gasteiger partial charge >= 0.3 is 6.36 Å². The Bertz CT molecular complexity index is 987. The van der Waals surface area contributed by atoms with Gasteiger partial charge in [0.1, 0.15) is 11.5 Å². The standard InChI is InChI=1S/C21H15F3N2O2/c22-21(23,24)28-18-7-4-14(5-8-18)15-6-9-19-16(11-15)13-26-20(27-19)12-17-3-1-2-10-25-17/h1-11,13,20H,12H2. The SMILES string of the molecule is FC(F)(F)Oc1ccc(-c2ccc3c(c2)C=NC(Cc2ccccn2)O3)cc1. The van der Waals surface area contributed by atoms with Gasteiger partial charge in [-0.1, -0.05) is 24.3 Å². The van der Waals surface area contributed by atoms with Gasteiger partial charge in [0.05, 0.1) is 0 Å². The minimum atomic E-state index is -4.70. The summed E-state index contributed by atoms with van der Waals surface area (Å²) in [6.07, 6.45) is -0.997.